The second-order valence-electron chi connectivity index (χ2n) is 5.18. The SMILES string of the molecule is CN1C(=O)c2ccccc2N2C(=O)CCCC12C. The molecule has 2 amide bonds. The highest BCUT2D eigenvalue weighted by molar-refractivity contribution is 6.09. The lowest BCUT2D eigenvalue weighted by molar-refractivity contribution is -0.123. The highest BCUT2D eigenvalue weighted by atomic mass is 16.2. The summed E-state index contributed by atoms with van der Waals surface area (Å²) < 4.78 is 0. The number of hydrogen-bond donors (Lipinski definition) is 0. The van der Waals surface area contributed by atoms with Crippen molar-refractivity contribution in [2.24, 2.45) is 0 Å². The number of para-hydroxylation sites is 1. The van der Waals surface area contributed by atoms with Crippen molar-refractivity contribution >= 4 is 17.5 Å². The number of piperidine rings is 1. The van der Waals surface area contributed by atoms with Crippen LogP contribution in [-0.4, -0.2) is 29.4 Å². The van der Waals surface area contributed by atoms with E-state index in [1.54, 1.807) is 22.9 Å². The Hall–Kier alpha value is -1.84. The van der Waals surface area contributed by atoms with Gasteiger partial charge in [-0.15, -0.1) is 0 Å². The number of hydrogen-bond acceptors (Lipinski definition) is 2. The molecule has 0 saturated carbocycles. The van der Waals surface area contributed by atoms with Gasteiger partial charge in [-0.05, 0) is 31.9 Å². The zero-order chi connectivity index (χ0) is 12.9. The largest absolute Gasteiger partial charge is 0.318 e. The van der Waals surface area contributed by atoms with Crippen molar-refractivity contribution in [2.45, 2.75) is 31.8 Å². The van der Waals surface area contributed by atoms with Gasteiger partial charge in [0, 0.05) is 13.5 Å². The molecule has 2 heterocycles. The Morgan fingerprint density at radius 1 is 1.22 bits per heavy atom. The number of anilines is 1. The minimum Gasteiger partial charge on any atom is -0.318 e. The van der Waals surface area contributed by atoms with E-state index in [0.29, 0.717) is 12.0 Å². The Kier molecular flexibility index (Phi) is 2.24. The van der Waals surface area contributed by atoms with E-state index in [0.717, 1.165) is 18.5 Å². The Labute approximate surface area is 106 Å². The number of benzene rings is 1. The van der Waals surface area contributed by atoms with Crippen molar-refractivity contribution in [3.8, 4) is 0 Å². The molecule has 0 aliphatic carbocycles. The maximum absolute atomic E-state index is 12.4. The van der Waals surface area contributed by atoms with Crippen LogP contribution in [-0.2, 0) is 4.79 Å². The molecule has 3 rings (SSSR count). The molecular weight excluding hydrogens is 228 g/mol. The first kappa shape index (κ1) is 11.3. The summed E-state index contributed by atoms with van der Waals surface area (Å²) in [6.45, 7) is 1.97. The van der Waals surface area contributed by atoms with E-state index < -0.39 is 5.66 Å². The summed E-state index contributed by atoms with van der Waals surface area (Å²) >= 11 is 0. The van der Waals surface area contributed by atoms with Crippen LogP contribution in [0.1, 0.15) is 36.5 Å². The summed E-state index contributed by atoms with van der Waals surface area (Å²) in [6, 6.07) is 7.36. The molecule has 1 fully saturated rings. The zero-order valence-electron chi connectivity index (χ0n) is 10.6. The topological polar surface area (TPSA) is 40.6 Å². The van der Waals surface area contributed by atoms with Crippen molar-refractivity contribution in [3.63, 3.8) is 0 Å². The van der Waals surface area contributed by atoms with Gasteiger partial charge in [0.15, 0.2) is 0 Å². The van der Waals surface area contributed by atoms with Gasteiger partial charge in [0.2, 0.25) is 5.91 Å². The molecule has 94 valence electrons. The molecule has 2 aliphatic heterocycles. The van der Waals surface area contributed by atoms with Gasteiger partial charge in [-0.1, -0.05) is 12.1 Å². The predicted molar refractivity (Wildman–Crippen MR) is 68.3 cm³/mol. The second kappa shape index (κ2) is 3.57. The summed E-state index contributed by atoms with van der Waals surface area (Å²) in [6.07, 6.45) is 2.23. The van der Waals surface area contributed by atoms with Crippen LogP contribution in [0.3, 0.4) is 0 Å². The summed E-state index contributed by atoms with van der Waals surface area (Å²) in [5, 5.41) is 0. The molecule has 1 atom stereocenters. The van der Waals surface area contributed by atoms with Crippen LogP contribution < -0.4 is 4.90 Å². The molecule has 0 aromatic heterocycles. The number of fused-ring (bicyclic) bond motifs is 3. The molecule has 1 aromatic rings. The molecule has 2 aliphatic rings. The lowest BCUT2D eigenvalue weighted by Crippen LogP contribution is -2.66. The Morgan fingerprint density at radius 2 is 1.94 bits per heavy atom. The van der Waals surface area contributed by atoms with E-state index in [-0.39, 0.29) is 11.8 Å². The van der Waals surface area contributed by atoms with Crippen molar-refractivity contribution in [1.29, 1.82) is 0 Å². The molecule has 1 saturated heterocycles. The van der Waals surface area contributed by atoms with Crippen molar-refractivity contribution in [2.75, 3.05) is 11.9 Å². The van der Waals surface area contributed by atoms with Gasteiger partial charge in [-0.3, -0.25) is 14.5 Å². The molecule has 18 heavy (non-hydrogen) atoms. The predicted octanol–water partition coefficient (Wildman–Crippen LogP) is 2.01. The van der Waals surface area contributed by atoms with Crippen molar-refractivity contribution in [1.82, 2.24) is 4.90 Å². The Morgan fingerprint density at radius 3 is 2.72 bits per heavy atom. The van der Waals surface area contributed by atoms with Gasteiger partial charge in [-0.2, -0.15) is 0 Å². The van der Waals surface area contributed by atoms with E-state index in [1.165, 1.54) is 0 Å². The van der Waals surface area contributed by atoms with Crippen molar-refractivity contribution < 1.29 is 9.59 Å². The van der Waals surface area contributed by atoms with Crippen LogP contribution in [0, 0.1) is 0 Å². The van der Waals surface area contributed by atoms with Gasteiger partial charge in [-0.25, -0.2) is 0 Å². The molecule has 0 radical (unpaired) electrons. The lowest BCUT2D eigenvalue weighted by atomic mass is 9.89. The molecule has 1 unspecified atom stereocenters. The standard InChI is InChI=1S/C14H16N2O2/c1-14-9-5-8-12(17)16(14)11-7-4-3-6-10(11)13(18)15(14)2/h3-4,6-7H,5,8-9H2,1-2H3. The monoisotopic (exact) mass is 244 g/mol. The maximum atomic E-state index is 12.4. The molecule has 4 nitrogen and oxygen atoms in total. The second-order valence-corrected chi connectivity index (χ2v) is 5.18. The Balaban J connectivity index is 2.24. The van der Waals surface area contributed by atoms with E-state index in [2.05, 4.69) is 0 Å². The fourth-order valence-electron chi connectivity index (χ4n) is 3.03. The molecule has 4 heteroatoms. The number of carbonyl (C=O) groups excluding carboxylic acids is 2. The first-order valence-electron chi connectivity index (χ1n) is 6.26. The summed E-state index contributed by atoms with van der Waals surface area (Å²) in [4.78, 5) is 28.1. The summed E-state index contributed by atoms with van der Waals surface area (Å²) in [5.41, 5.74) is 0.862. The average Bonchev–Trinajstić information content (AvgIpc) is 2.36. The Bertz CT molecular complexity index is 540. The highest BCUT2D eigenvalue weighted by Gasteiger charge is 2.49. The third-order valence-electron chi connectivity index (χ3n) is 4.17. The smallest absolute Gasteiger partial charge is 0.257 e. The number of carbonyl (C=O) groups is 2. The molecule has 1 aromatic carbocycles. The fourth-order valence-corrected chi connectivity index (χ4v) is 3.03. The molecule has 0 bridgehead atoms. The quantitative estimate of drug-likeness (QED) is 0.700. The number of rotatable bonds is 0. The minimum absolute atomic E-state index is 0.000880. The van der Waals surface area contributed by atoms with Crippen LogP contribution in [0.25, 0.3) is 0 Å². The zero-order valence-corrected chi connectivity index (χ0v) is 10.6. The molecule has 0 spiro atoms. The van der Waals surface area contributed by atoms with Gasteiger partial charge < -0.3 is 4.90 Å². The van der Waals surface area contributed by atoms with E-state index in [1.807, 2.05) is 25.1 Å². The van der Waals surface area contributed by atoms with Crippen LogP contribution in [0.4, 0.5) is 5.69 Å². The molecule has 0 N–H and O–H groups in total. The summed E-state index contributed by atoms with van der Waals surface area (Å²) in [7, 11) is 1.78. The van der Waals surface area contributed by atoms with Crippen LogP contribution in [0.5, 0.6) is 0 Å². The van der Waals surface area contributed by atoms with Crippen LogP contribution in [0.2, 0.25) is 0 Å². The fraction of sp³-hybridized carbons (Fsp3) is 0.429. The first-order chi connectivity index (χ1) is 8.55. The highest BCUT2D eigenvalue weighted by Crippen LogP contribution is 2.41. The van der Waals surface area contributed by atoms with Crippen LogP contribution in [0.15, 0.2) is 24.3 Å². The van der Waals surface area contributed by atoms with Gasteiger partial charge in [0.05, 0.1) is 11.3 Å². The van der Waals surface area contributed by atoms with E-state index >= 15 is 0 Å². The van der Waals surface area contributed by atoms with E-state index in [9.17, 15) is 9.59 Å². The average molecular weight is 244 g/mol. The van der Waals surface area contributed by atoms with Gasteiger partial charge >= 0.3 is 0 Å². The van der Waals surface area contributed by atoms with E-state index in [4.69, 9.17) is 0 Å². The first-order valence-corrected chi connectivity index (χ1v) is 6.26. The normalized spacial score (nSPS) is 27.0. The van der Waals surface area contributed by atoms with Crippen LogP contribution >= 0.6 is 0 Å². The molecular formula is C14H16N2O2. The third-order valence-corrected chi connectivity index (χ3v) is 4.17. The maximum Gasteiger partial charge on any atom is 0.257 e. The number of nitrogens with zero attached hydrogens (tertiary/aromatic N) is 2. The third kappa shape index (κ3) is 1.26. The van der Waals surface area contributed by atoms with Crippen molar-refractivity contribution in [3.05, 3.63) is 29.8 Å². The lowest BCUT2D eigenvalue weighted by Gasteiger charge is -2.53. The summed E-state index contributed by atoms with van der Waals surface area (Å²) in [5.74, 6) is 0.106. The number of amides is 2. The van der Waals surface area contributed by atoms with Gasteiger partial charge in [0.25, 0.3) is 5.91 Å². The van der Waals surface area contributed by atoms with Gasteiger partial charge in [0.1, 0.15) is 5.66 Å². The minimum atomic E-state index is -0.513.